The Morgan fingerprint density at radius 1 is 1.00 bits per heavy atom. The van der Waals surface area contributed by atoms with E-state index in [1.54, 1.807) is 0 Å². The van der Waals surface area contributed by atoms with Crippen molar-refractivity contribution in [1.29, 1.82) is 0 Å². The zero-order chi connectivity index (χ0) is 22.7. The third-order valence-corrected chi connectivity index (χ3v) is 6.66. The van der Waals surface area contributed by atoms with E-state index in [0.717, 1.165) is 66.8 Å². The quantitative estimate of drug-likeness (QED) is 0.472. The maximum Gasteiger partial charge on any atom is 0.337 e. The number of allylic oxidation sites excluding steroid dienone is 3. The van der Waals surface area contributed by atoms with Gasteiger partial charge in [-0.15, -0.1) is 0 Å². The monoisotopic (exact) mass is 437 g/mol. The molecule has 0 radical (unpaired) electrons. The number of carbonyl (C=O) groups is 2. The van der Waals surface area contributed by atoms with Gasteiger partial charge in [0.1, 0.15) is 11.9 Å². The van der Waals surface area contributed by atoms with Gasteiger partial charge >= 0.3 is 5.97 Å². The molecule has 32 heavy (non-hydrogen) atoms. The number of benzene rings is 1. The molecule has 1 aliphatic heterocycles. The van der Waals surface area contributed by atoms with Crippen LogP contribution in [-0.4, -0.2) is 24.0 Å². The smallest absolute Gasteiger partial charge is 0.337 e. The first-order chi connectivity index (χ1) is 15.4. The number of nitrogens with one attached hydrogen (secondary N) is 1. The molecule has 0 amide bonds. The molecule has 1 heterocycles. The Labute approximate surface area is 191 Å². The van der Waals surface area contributed by atoms with Gasteiger partial charge < -0.3 is 14.8 Å². The molecule has 1 saturated carbocycles. The number of carbonyl (C=O) groups excluding carboxylic acids is 2. The van der Waals surface area contributed by atoms with E-state index < -0.39 is 5.92 Å². The summed E-state index contributed by atoms with van der Waals surface area (Å²) < 4.78 is 11.8. The van der Waals surface area contributed by atoms with Crippen LogP contribution in [0.25, 0.3) is 0 Å². The van der Waals surface area contributed by atoms with Crippen molar-refractivity contribution in [2.24, 2.45) is 0 Å². The van der Waals surface area contributed by atoms with Crippen molar-refractivity contribution in [3.63, 3.8) is 0 Å². The molecule has 1 fully saturated rings. The summed E-state index contributed by atoms with van der Waals surface area (Å²) in [6.45, 7) is 5.91. The van der Waals surface area contributed by atoms with Crippen LogP contribution in [0.3, 0.4) is 0 Å². The molecule has 1 N–H and O–H groups in total. The summed E-state index contributed by atoms with van der Waals surface area (Å²) in [7, 11) is 0. The molecule has 1 atom stereocenters. The van der Waals surface area contributed by atoms with Crippen LogP contribution in [0.15, 0.2) is 46.8 Å². The van der Waals surface area contributed by atoms with E-state index in [2.05, 4.69) is 5.32 Å². The SMILES string of the molecule is CC1=C(C(=O)OC2CCCCCC2)[C@@H](c2ccc(OC(C)C)cc2)C2=C(CCCC2=O)N1. The molecular formula is C27H35NO4. The van der Waals surface area contributed by atoms with Crippen LogP contribution < -0.4 is 10.1 Å². The van der Waals surface area contributed by atoms with E-state index in [4.69, 9.17) is 9.47 Å². The lowest BCUT2D eigenvalue weighted by Crippen LogP contribution is -2.35. The van der Waals surface area contributed by atoms with E-state index in [1.807, 2.05) is 45.0 Å². The molecule has 172 valence electrons. The number of Topliss-reactive ketones (excluding diaryl/α,β-unsaturated/α-hetero) is 1. The van der Waals surface area contributed by atoms with Crippen LogP contribution in [0.4, 0.5) is 0 Å². The fourth-order valence-electron chi connectivity index (χ4n) is 5.17. The van der Waals surface area contributed by atoms with Gasteiger partial charge in [-0.05, 0) is 77.0 Å². The summed E-state index contributed by atoms with van der Waals surface area (Å²) in [5.74, 6) is 0.216. The van der Waals surface area contributed by atoms with Gasteiger partial charge in [0.25, 0.3) is 0 Å². The number of esters is 1. The number of rotatable bonds is 5. The fourth-order valence-corrected chi connectivity index (χ4v) is 5.17. The highest BCUT2D eigenvalue weighted by Crippen LogP contribution is 2.43. The van der Waals surface area contributed by atoms with Crippen molar-refractivity contribution < 1.29 is 19.1 Å². The number of dihydropyridines is 1. The van der Waals surface area contributed by atoms with Gasteiger partial charge in [-0.2, -0.15) is 0 Å². The summed E-state index contributed by atoms with van der Waals surface area (Å²) in [6, 6.07) is 7.81. The molecule has 1 aromatic carbocycles. The lowest BCUT2D eigenvalue weighted by atomic mass is 9.75. The maximum atomic E-state index is 13.5. The van der Waals surface area contributed by atoms with E-state index in [0.29, 0.717) is 12.0 Å². The maximum absolute atomic E-state index is 13.5. The Hall–Kier alpha value is -2.56. The molecule has 0 aromatic heterocycles. The van der Waals surface area contributed by atoms with Crippen molar-refractivity contribution in [1.82, 2.24) is 5.32 Å². The molecule has 3 aliphatic rings. The minimum Gasteiger partial charge on any atom is -0.491 e. The highest BCUT2D eigenvalue weighted by Gasteiger charge is 2.39. The van der Waals surface area contributed by atoms with Crippen molar-refractivity contribution >= 4 is 11.8 Å². The van der Waals surface area contributed by atoms with Crippen LogP contribution in [0, 0.1) is 0 Å². The Kier molecular flexibility index (Phi) is 7.02. The van der Waals surface area contributed by atoms with Crippen LogP contribution in [0.2, 0.25) is 0 Å². The second-order valence-electron chi connectivity index (χ2n) is 9.52. The fraction of sp³-hybridized carbons (Fsp3) is 0.556. The molecular weight excluding hydrogens is 402 g/mol. The molecule has 0 spiro atoms. The Morgan fingerprint density at radius 2 is 1.69 bits per heavy atom. The van der Waals surface area contributed by atoms with E-state index in [-0.39, 0.29) is 24.0 Å². The molecule has 5 nitrogen and oxygen atoms in total. The summed E-state index contributed by atoms with van der Waals surface area (Å²) >= 11 is 0. The first kappa shape index (κ1) is 22.6. The number of ketones is 1. The van der Waals surface area contributed by atoms with Gasteiger partial charge in [0.2, 0.25) is 0 Å². The highest BCUT2D eigenvalue weighted by molar-refractivity contribution is 6.03. The van der Waals surface area contributed by atoms with Crippen molar-refractivity contribution in [2.75, 3.05) is 0 Å². The molecule has 0 bridgehead atoms. The second-order valence-corrected chi connectivity index (χ2v) is 9.52. The summed E-state index contributed by atoms with van der Waals surface area (Å²) in [4.78, 5) is 26.5. The van der Waals surface area contributed by atoms with Crippen LogP contribution in [-0.2, 0) is 14.3 Å². The van der Waals surface area contributed by atoms with Crippen molar-refractivity contribution in [2.45, 2.75) is 96.7 Å². The Morgan fingerprint density at radius 3 is 2.34 bits per heavy atom. The van der Waals surface area contributed by atoms with Crippen LogP contribution in [0.1, 0.15) is 90.0 Å². The molecule has 2 aliphatic carbocycles. The molecule has 0 saturated heterocycles. The van der Waals surface area contributed by atoms with Crippen LogP contribution >= 0.6 is 0 Å². The zero-order valence-electron chi connectivity index (χ0n) is 19.5. The lowest BCUT2D eigenvalue weighted by Gasteiger charge is -2.34. The van der Waals surface area contributed by atoms with Crippen molar-refractivity contribution in [3.05, 3.63) is 52.4 Å². The third-order valence-electron chi connectivity index (χ3n) is 6.66. The molecule has 5 heteroatoms. The van der Waals surface area contributed by atoms with Gasteiger partial charge in [0, 0.05) is 29.3 Å². The van der Waals surface area contributed by atoms with Gasteiger partial charge in [-0.25, -0.2) is 4.79 Å². The van der Waals surface area contributed by atoms with Gasteiger partial charge in [-0.1, -0.05) is 25.0 Å². The van der Waals surface area contributed by atoms with E-state index in [9.17, 15) is 9.59 Å². The van der Waals surface area contributed by atoms with Gasteiger partial charge in [0.05, 0.1) is 11.7 Å². The zero-order valence-corrected chi connectivity index (χ0v) is 19.5. The summed E-state index contributed by atoms with van der Waals surface area (Å²) in [6.07, 6.45) is 8.69. The predicted molar refractivity (Wildman–Crippen MR) is 124 cm³/mol. The van der Waals surface area contributed by atoms with Crippen LogP contribution in [0.5, 0.6) is 5.75 Å². The average molecular weight is 438 g/mol. The molecule has 0 unspecified atom stereocenters. The van der Waals surface area contributed by atoms with Crippen molar-refractivity contribution in [3.8, 4) is 5.75 Å². The topological polar surface area (TPSA) is 64.6 Å². The Balaban J connectivity index is 1.68. The summed E-state index contributed by atoms with van der Waals surface area (Å²) in [5, 5.41) is 3.38. The van der Waals surface area contributed by atoms with Gasteiger partial charge in [-0.3, -0.25) is 4.79 Å². The molecule has 1 aromatic rings. The predicted octanol–water partition coefficient (Wildman–Crippen LogP) is 5.71. The second kappa shape index (κ2) is 9.93. The number of hydrogen-bond donors (Lipinski definition) is 1. The number of hydrogen-bond acceptors (Lipinski definition) is 5. The normalized spacial score (nSPS) is 22.4. The highest BCUT2D eigenvalue weighted by atomic mass is 16.5. The number of ether oxygens (including phenoxy) is 2. The lowest BCUT2D eigenvalue weighted by molar-refractivity contribution is -0.145. The minimum atomic E-state index is -0.398. The largest absolute Gasteiger partial charge is 0.491 e. The Bertz CT molecular complexity index is 917. The standard InChI is InChI=1S/C27H35NO4/c1-17(2)31-21-15-13-19(14-16-21)25-24(27(30)32-20-9-6-4-5-7-10-20)18(3)28-22-11-8-12-23(29)26(22)25/h13-17,20,25,28H,4-12H2,1-3H3/t25-/m1/s1. The first-order valence-electron chi connectivity index (χ1n) is 12.2. The third kappa shape index (κ3) is 4.92. The summed E-state index contributed by atoms with van der Waals surface area (Å²) in [5.41, 5.74) is 3.98. The van der Waals surface area contributed by atoms with E-state index in [1.165, 1.54) is 12.8 Å². The van der Waals surface area contributed by atoms with E-state index >= 15 is 0 Å². The first-order valence-corrected chi connectivity index (χ1v) is 12.2. The van der Waals surface area contributed by atoms with Gasteiger partial charge in [0.15, 0.2) is 5.78 Å². The average Bonchev–Trinajstić information content (AvgIpc) is 3.01. The minimum absolute atomic E-state index is 0.0369. The molecule has 4 rings (SSSR count).